The Balaban J connectivity index is 1.58. The van der Waals surface area contributed by atoms with E-state index in [-0.39, 0.29) is 24.6 Å². The monoisotopic (exact) mass is 376 g/mol. The molecule has 2 aromatic rings. The number of hydrogen-bond donors (Lipinski definition) is 2. The average molecular weight is 376 g/mol. The lowest BCUT2D eigenvalue weighted by molar-refractivity contribution is -0.0404. The summed E-state index contributed by atoms with van der Waals surface area (Å²) < 4.78 is 12.5. The first-order chi connectivity index (χ1) is 12.7. The molecule has 10 heteroatoms. The molecular weight excluding hydrogens is 352 g/mol. The molecule has 2 amide bonds. The van der Waals surface area contributed by atoms with Crippen molar-refractivity contribution in [2.45, 2.75) is 32.5 Å². The van der Waals surface area contributed by atoms with Crippen LogP contribution in [0.2, 0.25) is 0 Å². The summed E-state index contributed by atoms with van der Waals surface area (Å²) in [5.74, 6) is -0.0150. The highest BCUT2D eigenvalue weighted by Gasteiger charge is 2.28. The van der Waals surface area contributed by atoms with Crippen LogP contribution in [0.1, 0.15) is 31.3 Å². The van der Waals surface area contributed by atoms with E-state index in [4.69, 9.17) is 15.2 Å². The van der Waals surface area contributed by atoms with Crippen LogP contribution in [0.4, 0.5) is 10.6 Å². The largest absolute Gasteiger partial charge is 0.444 e. The second-order valence-electron chi connectivity index (χ2n) is 7.29. The molecular formula is C17H24N6O4. The van der Waals surface area contributed by atoms with Crippen molar-refractivity contribution in [3.05, 3.63) is 24.2 Å². The zero-order valence-electron chi connectivity index (χ0n) is 15.6. The zero-order valence-corrected chi connectivity index (χ0v) is 15.6. The second-order valence-corrected chi connectivity index (χ2v) is 7.29. The molecule has 3 rings (SSSR count). The lowest BCUT2D eigenvalue weighted by Gasteiger charge is -2.34. The van der Waals surface area contributed by atoms with Crippen molar-refractivity contribution >= 4 is 23.3 Å². The van der Waals surface area contributed by atoms with Gasteiger partial charge in [-0.1, -0.05) is 0 Å². The minimum absolute atomic E-state index is 0.256. The van der Waals surface area contributed by atoms with Gasteiger partial charge < -0.3 is 25.4 Å². The molecule has 146 valence electrons. The maximum Gasteiger partial charge on any atom is 0.410 e. The molecule has 1 atom stereocenters. The second kappa shape index (κ2) is 7.39. The summed E-state index contributed by atoms with van der Waals surface area (Å²) in [4.78, 5) is 30.2. The number of morpholine rings is 1. The van der Waals surface area contributed by atoms with Crippen molar-refractivity contribution in [3.63, 3.8) is 0 Å². The number of fused-ring (bicyclic) bond motifs is 1. The van der Waals surface area contributed by atoms with E-state index in [9.17, 15) is 9.59 Å². The van der Waals surface area contributed by atoms with Crippen LogP contribution in [0.25, 0.3) is 5.52 Å². The number of nitrogens with zero attached hydrogens (tertiary/aromatic N) is 4. The normalized spacial score (nSPS) is 17.7. The van der Waals surface area contributed by atoms with Gasteiger partial charge in [-0.15, -0.1) is 0 Å². The van der Waals surface area contributed by atoms with Gasteiger partial charge in [-0.3, -0.25) is 4.79 Å². The van der Waals surface area contributed by atoms with Gasteiger partial charge in [0.2, 0.25) is 0 Å². The molecule has 0 spiro atoms. The number of aromatic nitrogens is 3. The molecule has 3 N–H and O–H groups in total. The first-order valence-corrected chi connectivity index (χ1v) is 8.70. The number of hydrogen-bond acceptors (Lipinski definition) is 7. The number of amides is 2. The van der Waals surface area contributed by atoms with Crippen LogP contribution in [-0.4, -0.2) is 69.4 Å². The topological polar surface area (TPSA) is 124 Å². The van der Waals surface area contributed by atoms with E-state index in [0.717, 1.165) is 0 Å². The van der Waals surface area contributed by atoms with Crippen LogP contribution < -0.4 is 11.1 Å². The Bertz CT molecular complexity index is 844. The molecule has 1 saturated heterocycles. The van der Waals surface area contributed by atoms with Crippen molar-refractivity contribution in [2.75, 3.05) is 32.0 Å². The highest BCUT2D eigenvalue weighted by molar-refractivity contribution is 5.94. The van der Waals surface area contributed by atoms with Gasteiger partial charge in [0, 0.05) is 13.1 Å². The van der Waals surface area contributed by atoms with Crippen LogP contribution >= 0.6 is 0 Å². The Morgan fingerprint density at radius 2 is 2.19 bits per heavy atom. The van der Waals surface area contributed by atoms with Crippen LogP contribution in [0.15, 0.2) is 18.5 Å². The van der Waals surface area contributed by atoms with Gasteiger partial charge in [0.1, 0.15) is 23.1 Å². The van der Waals surface area contributed by atoms with Crippen molar-refractivity contribution in [2.24, 2.45) is 0 Å². The molecule has 1 aliphatic heterocycles. The van der Waals surface area contributed by atoms with E-state index in [1.54, 1.807) is 17.0 Å². The summed E-state index contributed by atoms with van der Waals surface area (Å²) >= 11 is 0. The quantitative estimate of drug-likeness (QED) is 0.807. The first-order valence-electron chi connectivity index (χ1n) is 8.70. The lowest BCUT2D eigenvalue weighted by Crippen LogP contribution is -2.50. The molecule has 10 nitrogen and oxygen atoms in total. The average Bonchev–Trinajstić information content (AvgIpc) is 3.04. The Labute approximate surface area is 156 Å². The molecule has 3 heterocycles. The summed E-state index contributed by atoms with van der Waals surface area (Å²) in [6.45, 7) is 6.91. The predicted molar refractivity (Wildman–Crippen MR) is 97.3 cm³/mol. The van der Waals surface area contributed by atoms with Gasteiger partial charge in [-0.2, -0.15) is 5.10 Å². The molecule has 0 saturated carbocycles. The third-order valence-electron chi connectivity index (χ3n) is 4.00. The Morgan fingerprint density at radius 3 is 2.93 bits per heavy atom. The number of carbonyl (C=O) groups excluding carboxylic acids is 2. The molecule has 0 aromatic carbocycles. The molecule has 1 unspecified atom stereocenters. The van der Waals surface area contributed by atoms with Gasteiger partial charge >= 0.3 is 6.09 Å². The zero-order chi connectivity index (χ0) is 19.6. The van der Waals surface area contributed by atoms with Crippen molar-refractivity contribution < 1.29 is 19.1 Å². The van der Waals surface area contributed by atoms with E-state index in [1.807, 2.05) is 20.8 Å². The smallest absolute Gasteiger partial charge is 0.410 e. The maximum atomic E-state index is 12.5. The van der Waals surface area contributed by atoms with Crippen LogP contribution in [0.5, 0.6) is 0 Å². The van der Waals surface area contributed by atoms with Crippen LogP contribution in [-0.2, 0) is 9.47 Å². The number of nitrogen functional groups attached to an aromatic ring is 1. The van der Waals surface area contributed by atoms with E-state index < -0.39 is 5.60 Å². The lowest BCUT2D eigenvalue weighted by atomic mass is 10.2. The van der Waals surface area contributed by atoms with Crippen LogP contribution in [0.3, 0.4) is 0 Å². The highest BCUT2D eigenvalue weighted by atomic mass is 16.6. The maximum absolute atomic E-state index is 12.5. The molecule has 1 fully saturated rings. The Kier molecular flexibility index (Phi) is 5.17. The van der Waals surface area contributed by atoms with Crippen molar-refractivity contribution in [1.29, 1.82) is 0 Å². The molecule has 27 heavy (non-hydrogen) atoms. The summed E-state index contributed by atoms with van der Waals surface area (Å²) in [6.07, 6.45) is 0.593. The van der Waals surface area contributed by atoms with E-state index >= 15 is 0 Å². The van der Waals surface area contributed by atoms with Gasteiger partial charge in [0.15, 0.2) is 5.82 Å². The predicted octanol–water partition coefficient (Wildman–Crippen LogP) is 0.677. The van der Waals surface area contributed by atoms with Gasteiger partial charge in [0.25, 0.3) is 5.91 Å². The number of ether oxygens (including phenoxy) is 2. The third kappa shape index (κ3) is 4.45. The highest BCUT2D eigenvalue weighted by Crippen LogP contribution is 2.14. The summed E-state index contributed by atoms with van der Waals surface area (Å²) in [5.41, 5.74) is 6.13. The number of nitrogens with one attached hydrogen (secondary N) is 1. The molecule has 0 aliphatic carbocycles. The fourth-order valence-electron chi connectivity index (χ4n) is 2.76. The number of anilines is 1. The Morgan fingerprint density at radius 1 is 1.41 bits per heavy atom. The molecule has 1 aliphatic rings. The van der Waals surface area contributed by atoms with E-state index in [2.05, 4.69) is 15.4 Å². The minimum atomic E-state index is -0.557. The van der Waals surface area contributed by atoms with Crippen LogP contribution in [0, 0.1) is 0 Å². The van der Waals surface area contributed by atoms with Gasteiger partial charge in [0.05, 0.1) is 19.3 Å². The van der Waals surface area contributed by atoms with Crippen molar-refractivity contribution in [3.8, 4) is 0 Å². The molecule has 0 radical (unpaired) electrons. The van der Waals surface area contributed by atoms with Crippen molar-refractivity contribution in [1.82, 2.24) is 24.8 Å². The summed E-state index contributed by atoms with van der Waals surface area (Å²) in [6, 6.07) is 3.32. The third-order valence-corrected chi connectivity index (χ3v) is 4.00. The standard InChI is InChI=1S/C17H24N6O4/c1-17(2,3)27-16(25)22-6-7-26-11(9-22)8-19-15(24)13-5-4-12-14(18)20-10-21-23(12)13/h4-5,10-11H,6-9H2,1-3H3,(H,19,24)(H2,18,20,21). The number of nitrogens with two attached hydrogens (primary N) is 1. The SMILES string of the molecule is CC(C)(C)OC(=O)N1CCOC(CNC(=O)c2ccc3c(N)ncnn23)C1. The first kappa shape index (κ1) is 18.9. The number of rotatable bonds is 3. The van der Waals surface area contributed by atoms with E-state index in [0.29, 0.717) is 36.7 Å². The molecule has 0 bridgehead atoms. The fraction of sp³-hybridized carbons (Fsp3) is 0.529. The number of carbonyl (C=O) groups is 2. The van der Waals surface area contributed by atoms with Gasteiger partial charge in [-0.05, 0) is 32.9 Å². The Hall–Kier alpha value is -2.88. The van der Waals surface area contributed by atoms with E-state index in [1.165, 1.54) is 10.8 Å². The van der Waals surface area contributed by atoms with Gasteiger partial charge in [-0.25, -0.2) is 14.3 Å². The summed E-state index contributed by atoms with van der Waals surface area (Å²) in [5, 5.41) is 6.86. The molecule has 2 aromatic heterocycles. The summed E-state index contributed by atoms with van der Waals surface area (Å²) in [7, 11) is 0. The minimum Gasteiger partial charge on any atom is -0.444 e. The fourth-order valence-corrected chi connectivity index (χ4v) is 2.76.